The number of para-hydroxylation sites is 1. The number of aliphatic imine (C=N–C) groups is 1. The zero-order valence-electron chi connectivity index (χ0n) is 10.4. The fourth-order valence-electron chi connectivity index (χ4n) is 1.98. The summed E-state index contributed by atoms with van der Waals surface area (Å²) in [6.07, 6.45) is 1.45. The molecular weight excluding hydrogens is 254 g/mol. The summed E-state index contributed by atoms with van der Waals surface area (Å²) in [7, 11) is 0. The molecule has 20 heavy (non-hydrogen) atoms. The lowest BCUT2D eigenvalue weighted by Gasteiger charge is -1.97. The van der Waals surface area contributed by atoms with Crippen LogP contribution >= 0.6 is 0 Å². The third-order valence-electron chi connectivity index (χ3n) is 2.95. The number of isocyanates is 1. The molecule has 1 heterocycles. The Kier molecular flexibility index (Phi) is 2.99. The molecule has 4 nitrogen and oxygen atoms in total. The van der Waals surface area contributed by atoms with E-state index in [2.05, 4.69) is 4.99 Å². The molecule has 4 heteroatoms. The summed E-state index contributed by atoms with van der Waals surface area (Å²) < 4.78 is 5.53. The second-order valence-electron chi connectivity index (χ2n) is 4.23. The van der Waals surface area contributed by atoms with Gasteiger partial charge in [-0.1, -0.05) is 18.2 Å². The first kappa shape index (κ1) is 12.1. The molecule has 96 valence electrons. The van der Waals surface area contributed by atoms with Crippen molar-refractivity contribution in [1.82, 2.24) is 0 Å². The average molecular weight is 263 g/mol. The van der Waals surface area contributed by atoms with E-state index >= 15 is 0 Å². The van der Waals surface area contributed by atoms with E-state index in [-0.39, 0.29) is 11.5 Å². The largest absolute Gasteiger partial charge is 0.453 e. The molecular formula is C16H9NO3. The van der Waals surface area contributed by atoms with Crippen LogP contribution in [0.25, 0.3) is 11.0 Å². The molecule has 2 aromatic carbocycles. The summed E-state index contributed by atoms with van der Waals surface area (Å²) in [6.45, 7) is 0. The second-order valence-corrected chi connectivity index (χ2v) is 4.23. The van der Waals surface area contributed by atoms with Crippen molar-refractivity contribution in [3.63, 3.8) is 0 Å². The van der Waals surface area contributed by atoms with Crippen molar-refractivity contribution >= 4 is 28.5 Å². The van der Waals surface area contributed by atoms with Crippen LogP contribution < -0.4 is 0 Å². The lowest BCUT2D eigenvalue weighted by molar-refractivity contribution is 0.101. The average Bonchev–Trinajstić information content (AvgIpc) is 2.91. The quantitative estimate of drug-likeness (QED) is 0.412. The Morgan fingerprint density at radius 3 is 2.50 bits per heavy atom. The topological polar surface area (TPSA) is 59.6 Å². The Morgan fingerprint density at radius 1 is 1.05 bits per heavy atom. The van der Waals surface area contributed by atoms with Crippen LogP contribution in [0, 0.1) is 0 Å². The smallest absolute Gasteiger partial charge is 0.240 e. The molecule has 1 aromatic heterocycles. The number of ketones is 1. The van der Waals surface area contributed by atoms with Crippen LogP contribution in [0.15, 0.2) is 64.0 Å². The molecule has 3 rings (SSSR count). The van der Waals surface area contributed by atoms with Crippen LogP contribution in [0.4, 0.5) is 5.69 Å². The van der Waals surface area contributed by atoms with Gasteiger partial charge in [0, 0.05) is 10.9 Å². The van der Waals surface area contributed by atoms with Crippen molar-refractivity contribution in [2.75, 3.05) is 0 Å². The zero-order valence-corrected chi connectivity index (χ0v) is 10.4. The highest BCUT2D eigenvalue weighted by Gasteiger charge is 2.14. The minimum Gasteiger partial charge on any atom is -0.453 e. The molecule has 0 aliphatic carbocycles. The minimum atomic E-state index is -0.206. The zero-order chi connectivity index (χ0) is 13.9. The Hall–Kier alpha value is -2.97. The Labute approximate surface area is 114 Å². The first-order valence-electron chi connectivity index (χ1n) is 5.99. The summed E-state index contributed by atoms with van der Waals surface area (Å²) in [5.41, 5.74) is 1.62. The van der Waals surface area contributed by atoms with Crippen molar-refractivity contribution < 1.29 is 14.0 Å². The Morgan fingerprint density at radius 2 is 1.80 bits per heavy atom. The maximum absolute atomic E-state index is 12.3. The van der Waals surface area contributed by atoms with Gasteiger partial charge in [0.25, 0.3) is 0 Å². The SMILES string of the molecule is O=C=Nc1ccc(C(=O)c2cc3ccccc3o2)cc1. The van der Waals surface area contributed by atoms with Gasteiger partial charge < -0.3 is 4.42 Å². The van der Waals surface area contributed by atoms with E-state index in [9.17, 15) is 9.59 Å². The monoisotopic (exact) mass is 263 g/mol. The van der Waals surface area contributed by atoms with Gasteiger partial charge in [-0.25, -0.2) is 4.79 Å². The summed E-state index contributed by atoms with van der Waals surface area (Å²) in [4.78, 5) is 25.9. The van der Waals surface area contributed by atoms with Crippen LogP contribution in [-0.2, 0) is 4.79 Å². The fraction of sp³-hybridized carbons (Fsp3) is 0. The molecule has 3 aromatic rings. The van der Waals surface area contributed by atoms with E-state index in [0.717, 1.165) is 5.39 Å². The number of carbonyl (C=O) groups is 1. The Bertz CT molecular complexity index is 791. The van der Waals surface area contributed by atoms with Crippen LogP contribution in [0.3, 0.4) is 0 Å². The van der Waals surface area contributed by atoms with Crippen LogP contribution in [0.1, 0.15) is 16.1 Å². The van der Waals surface area contributed by atoms with E-state index in [4.69, 9.17) is 4.42 Å². The number of carbonyl (C=O) groups excluding carboxylic acids is 2. The molecule has 0 saturated carbocycles. The molecule has 0 amide bonds. The van der Waals surface area contributed by atoms with E-state index in [1.807, 2.05) is 24.3 Å². The summed E-state index contributed by atoms with van der Waals surface area (Å²) in [5, 5.41) is 0.887. The summed E-state index contributed by atoms with van der Waals surface area (Å²) >= 11 is 0. The number of nitrogens with zero attached hydrogens (tertiary/aromatic N) is 1. The number of hydrogen-bond donors (Lipinski definition) is 0. The number of rotatable bonds is 3. The molecule has 0 radical (unpaired) electrons. The molecule has 0 spiro atoms. The van der Waals surface area contributed by atoms with Gasteiger partial charge in [-0.15, -0.1) is 0 Å². The van der Waals surface area contributed by atoms with Gasteiger partial charge in [0.1, 0.15) is 5.58 Å². The third-order valence-corrected chi connectivity index (χ3v) is 2.95. The first-order valence-corrected chi connectivity index (χ1v) is 5.99. The predicted molar refractivity (Wildman–Crippen MR) is 73.9 cm³/mol. The Balaban J connectivity index is 1.97. The number of benzene rings is 2. The fourth-order valence-corrected chi connectivity index (χ4v) is 1.98. The predicted octanol–water partition coefficient (Wildman–Crippen LogP) is 3.63. The molecule has 0 aliphatic heterocycles. The number of furan rings is 1. The van der Waals surface area contributed by atoms with Crippen molar-refractivity contribution in [3.8, 4) is 0 Å². The molecule has 0 saturated heterocycles. The maximum atomic E-state index is 12.3. The van der Waals surface area contributed by atoms with Crippen molar-refractivity contribution in [1.29, 1.82) is 0 Å². The standard InChI is InChI=1S/C16H9NO3/c18-10-17-13-7-5-11(6-8-13)16(19)15-9-12-3-1-2-4-14(12)20-15/h1-9H. The highest BCUT2D eigenvalue weighted by Crippen LogP contribution is 2.22. The van der Waals surface area contributed by atoms with Gasteiger partial charge in [-0.2, -0.15) is 4.99 Å². The highest BCUT2D eigenvalue weighted by atomic mass is 16.3. The van der Waals surface area contributed by atoms with Gasteiger partial charge in [0.05, 0.1) is 5.69 Å². The van der Waals surface area contributed by atoms with Gasteiger partial charge in [0.15, 0.2) is 5.76 Å². The van der Waals surface area contributed by atoms with Gasteiger partial charge >= 0.3 is 0 Å². The van der Waals surface area contributed by atoms with Crippen molar-refractivity contribution in [3.05, 3.63) is 65.9 Å². The number of hydrogen-bond acceptors (Lipinski definition) is 4. The van der Waals surface area contributed by atoms with Crippen LogP contribution in [0.5, 0.6) is 0 Å². The first-order chi connectivity index (χ1) is 9.78. The maximum Gasteiger partial charge on any atom is 0.240 e. The third kappa shape index (κ3) is 2.16. The molecule has 0 fully saturated rings. The van der Waals surface area contributed by atoms with Crippen molar-refractivity contribution in [2.45, 2.75) is 0 Å². The summed E-state index contributed by atoms with van der Waals surface area (Å²) in [6, 6.07) is 15.5. The molecule has 0 atom stereocenters. The highest BCUT2D eigenvalue weighted by molar-refractivity contribution is 6.09. The molecule has 0 aliphatic rings. The van der Waals surface area contributed by atoms with Gasteiger partial charge in [-0.3, -0.25) is 4.79 Å². The van der Waals surface area contributed by atoms with E-state index in [1.54, 1.807) is 30.3 Å². The summed E-state index contributed by atoms with van der Waals surface area (Å²) in [5.74, 6) is 0.0840. The molecule has 0 unspecified atom stereocenters. The minimum absolute atomic E-state index is 0.206. The van der Waals surface area contributed by atoms with Crippen LogP contribution in [-0.4, -0.2) is 11.9 Å². The normalized spacial score (nSPS) is 10.2. The van der Waals surface area contributed by atoms with Crippen molar-refractivity contribution in [2.24, 2.45) is 4.99 Å². The molecule has 0 N–H and O–H groups in total. The van der Waals surface area contributed by atoms with E-state index in [1.165, 1.54) is 6.08 Å². The lowest BCUT2D eigenvalue weighted by atomic mass is 10.1. The van der Waals surface area contributed by atoms with Gasteiger partial charge in [0.2, 0.25) is 11.9 Å². The van der Waals surface area contributed by atoms with Crippen LogP contribution in [0.2, 0.25) is 0 Å². The number of fused-ring (bicyclic) bond motifs is 1. The van der Waals surface area contributed by atoms with Gasteiger partial charge in [-0.05, 0) is 36.4 Å². The molecule has 0 bridgehead atoms. The lowest BCUT2D eigenvalue weighted by Crippen LogP contribution is -1.98. The van der Waals surface area contributed by atoms with E-state index in [0.29, 0.717) is 16.8 Å². The van der Waals surface area contributed by atoms with E-state index < -0.39 is 0 Å². The second kappa shape index (κ2) is 4.96.